The molecule has 0 heterocycles. The van der Waals surface area contributed by atoms with Crippen molar-refractivity contribution in [1.29, 1.82) is 0 Å². The first-order valence-corrected chi connectivity index (χ1v) is 7.23. The highest BCUT2D eigenvalue weighted by molar-refractivity contribution is 6.30. The molecule has 21 heavy (non-hydrogen) atoms. The van der Waals surface area contributed by atoms with Gasteiger partial charge in [-0.15, -0.1) is 0 Å². The van der Waals surface area contributed by atoms with Crippen LogP contribution in [-0.2, 0) is 16.0 Å². The van der Waals surface area contributed by atoms with E-state index in [1.165, 1.54) is 0 Å². The van der Waals surface area contributed by atoms with E-state index in [0.717, 1.165) is 5.56 Å². The zero-order chi connectivity index (χ0) is 15.4. The number of aliphatic carboxylic acids is 2. The first-order chi connectivity index (χ1) is 9.85. The summed E-state index contributed by atoms with van der Waals surface area (Å²) < 4.78 is 0. The standard InChI is InChI=1S/C15H16ClNO4/c16-9-3-1-7(2-4-9)5-8-6-10-11(13(18)19)12(10)15(8,17)14(20)21/h1-4,8,10-12H,5-6,17H2,(H,18,19)(H,20,21). The lowest BCUT2D eigenvalue weighted by molar-refractivity contribution is -0.147. The SMILES string of the molecule is NC1(C(=O)O)C(Cc2ccc(Cl)cc2)CC2C(C(=O)O)C21. The Morgan fingerprint density at radius 2 is 1.90 bits per heavy atom. The summed E-state index contributed by atoms with van der Waals surface area (Å²) >= 11 is 5.83. The molecule has 3 rings (SSSR count). The minimum atomic E-state index is -1.45. The van der Waals surface area contributed by atoms with Crippen molar-refractivity contribution in [2.45, 2.75) is 18.4 Å². The summed E-state index contributed by atoms with van der Waals surface area (Å²) in [6, 6.07) is 7.21. The number of fused-ring (bicyclic) bond motifs is 1. The fourth-order valence-corrected chi connectivity index (χ4v) is 4.05. The van der Waals surface area contributed by atoms with Gasteiger partial charge in [0.1, 0.15) is 5.54 Å². The van der Waals surface area contributed by atoms with Crippen LogP contribution in [0.25, 0.3) is 0 Å². The first-order valence-electron chi connectivity index (χ1n) is 6.85. The Balaban J connectivity index is 1.82. The molecule has 5 atom stereocenters. The number of carboxylic acids is 2. The van der Waals surface area contributed by atoms with E-state index in [-0.39, 0.29) is 11.8 Å². The molecule has 2 aliphatic rings. The van der Waals surface area contributed by atoms with Crippen LogP contribution in [-0.4, -0.2) is 27.7 Å². The average Bonchev–Trinajstić information content (AvgIpc) is 3.07. The molecule has 0 aromatic heterocycles. The number of hydrogen-bond acceptors (Lipinski definition) is 3. The highest BCUT2D eigenvalue weighted by atomic mass is 35.5. The van der Waals surface area contributed by atoms with Gasteiger partial charge in [-0.3, -0.25) is 9.59 Å². The van der Waals surface area contributed by atoms with Gasteiger partial charge in [0.15, 0.2) is 0 Å². The molecule has 112 valence electrons. The van der Waals surface area contributed by atoms with Crippen molar-refractivity contribution in [2.75, 3.05) is 0 Å². The van der Waals surface area contributed by atoms with Crippen molar-refractivity contribution >= 4 is 23.5 Å². The van der Waals surface area contributed by atoms with Crippen LogP contribution in [0.5, 0.6) is 0 Å². The fourth-order valence-electron chi connectivity index (χ4n) is 3.93. The van der Waals surface area contributed by atoms with E-state index >= 15 is 0 Å². The quantitative estimate of drug-likeness (QED) is 0.785. The lowest BCUT2D eigenvalue weighted by Gasteiger charge is -2.30. The summed E-state index contributed by atoms with van der Waals surface area (Å²) in [6.07, 6.45) is 1.08. The predicted molar refractivity (Wildman–Crippen MR) is 75.9 cm³/mol. The van der Waals surface area contributed by atoms with Gasteiger partial charge in [-0.05, 0) is 42.4 Å². The first kappa shape index (κ1) is 14.4. The van der Waals surface area contributed by atoms with Gasteiger partial charge in [0.05, 0.1) is 5.92 Å². The second kappa shape index (κ2) is 4.71. The van der Waals surface area contributed by atoms with Crippen molar-refractivity contribution in [1.82, 2.24) is 0 Å². The van der Waals surface area contributed by atoms with Crippen molar-refractivity contribution in [3.05, 3.63) is 34.9 Å². The lowest BCUT2D eigenvalue weighted by atomic mass is 9.78. The van der Waals surface area contributed by atoms with Gasteiger partial charge >= 0.3 is 11.9 Å². The van der Waals surface area contributed by atoms with E-state index in [1.54, 1.807) is 12.1 Å². The third kappa shape index (κ3) is 2.12. The smallest absolute Gasteiger partial charge is 0.324 e. The highest BCUT2D eigenvalue weighted by Crippen LogP contribution is 2.64. The third-order valence-electron chi connectivity index (χ3n) is 5.00. The maximum absolute atomic E-state index is 11.6. The van der Waals surface area contributed by atoms with E-state index in [4.69, 9.17) is 22.4 Å². The topological polar surface area (TPSA) is 101 Å². The molecule has 6 heteroatoms. The molecule has 2 saturated carbocycles. The van der Waals surface area contributed by atoms with E-state index in [0.29, 0.717) is 17.9 Å². The number of nitrogens with two attached hydrogens (primary N) is 1. The molecule has 0 bridgehead atoms. The zero-order valence-electron chi connectivity index (χ0n) is 11.2. The second-order valence-electron chi connectivity index (χ2n) is 6.06. The zero-order valence-corrected chi connectivity index (χ0v) is 12.0. The third-order valence-corrected chi connectivity index (χ3v) is 5.26. The molecule has 2 aliphatic carbocycles. The average molecular weight is 310 g/mol. The molecule has 0 aliphatic heterocycles. The predicted octanol–water partition coefficient (Wildman–Crippen LogP) is 1.63. The Morgan fingerprint density at radius 1 is 1.29 bits per heavy atom. The van der Waals surface area contributed by atoms with Gasteiger partial charge in [0.25, 0.3) is 0 Å². The number of hydrogen-bond donors (Lipinski definition) is 3. The molecule has 1 aromatic rings. The summed E-state index contributed by atoms with van der Waals surface area (Å²) in [5, 5.41) is 19.3. The summed E-state index contributed by atoms with van der Waals surface area (Å²) in [7, 11) is 0. The number of halogens is 1. The maximum Gasteiger partial charge on any atom is 0.324 e. The molecular weight excluding hydrogens is 294 g/mol. The highest BCUT2D eigenvalue weighted by Gasteiger charge is 2.73. The summed E-state index contributed by atoms with van der Waals surface area (Å²) in [5.74, 6) is -3.45. The van der Waals surface area contributed by atoms with Crippen LogP contribution in [0.3, 0.4) is 0 Å². The minimum Gasteiger partial charge on any atom is -0.481 e. The van der Waals surface area contributed by atoms with Gasteiger partial charge < -0.3 is 15.9 Å². The Morgan fingerprint density at radius 3 is 2.43 bits per heavy atom. The number of carbonyl (C=O) groups is 2. The van der Waals surface area contributed by atoms with Gasteiger partial charge in [-0.25, -0.2) is 0 Å². The van der Waals surface area contributed by atoms with Crippen LogP contribution >= 0.6 is 11.6 Å². The van der Waals surface area contributed by atoms with E-state index < -0.39 is 29.3 Å². The Labute approximate surface area is 126 Å². The summed E-state index contributed by atoms with van der Waals surface area (Å²) in [4.78, 5) is 22.8. The number of benzene rings is 1. The van der Waals surface area contributed by atoms with Gasteiger partial charge in [0.2, 0.25) is 0 Å². The molecule has 2 fully saturated rings. The van der Waals surface area contributed by atoms with Gasteiger partial charge in [0, 0.05) is 10.9 Å². The van der Waals surface area contributed by atoms with Crippen molar-refractivity contribution in [2.24, 2.45) is 29.4 Å². The van der Waals surface area contributed by atoms with E-state index in [1.807, 2.05) is 12.1 Å². The van der Waals surface area contributed by atoms with E-state index in [2.05, 4.69) is 0 Å². The molecule has 0 spiro atoms. The maximum atomic E-state index is 11.6. The molecule has 0 amide bonds. The van der Waals surface area contributed by atoms with Gasteiger partial charge in [-0.1, -0.05) is 23.7 Å². The monoisotopic (exact) mass is 309 g/mol. The molecular formula is C15H16ClNO4. The van der Waals surface area contributed by atoms with Crippen LogP contribution in [0, 0.1) is 23.7 Å². The molecule has 4 N–H and O–H groups in total. The largest absolute Gasteiger partial charge is 0.481 e. The summed E-state index contributed by atoms with van der Waals surface area (Å²) in [6.45, 7) is 0. The fraction of sp³-hybridized carbons (Fsp3) is 0.467. The second-order valence-corrected chi connectivity index (χ2v) is 6.49. The molecule has 0 saturated heterocycles. The Bertz CT molecular complexity index is 602. The molecule has 5 unspecified atom stereocenters. The van der Waals surface area contributed by atoms with Crippen molar-refractivity contribution < 1.29 is 19.8 Å². The van der Waals surface area contributed by atoms with Crippen LogP contribution in [0.1, 0.15) is 12.0 Å². The van der Waals surface area contributed by atoms with Crippen LogP contribution in [0.2, 0.25) is 5.02 Å². The van der Waals surface area contributed by atoms with Crippen molar-refractivity contribution in [3.63, 3.8) is 0 Å². The van der Waals surface area contributed by atoms with Crippen LogP contribution < -0.4 is 5.73 Å². The van der Waals surface area contributed by atoms with Crippen LogP contribution in [0.15, 0.2) is 24.3 Å². The van der Waals surface area contributed by atoms with Crippen LogP contribution in [0.4, 0.5) is 0 Å². The minimum absolute atomic E-state index is 0.110. The Kier molecular flexibility index (Phi) is 3.22. The van der Waals surface area contributed by atoms with E-state index in [9.17, 15) is 14.7 Å². The lowest BCUT2D eigenvalue weighted by Crippen LogP contribution is -2.55. The molecule has 0 radical (unpaired) electrons. The van der Waals surface area contributed by atoms with Gasteiger partial charge in [-0.2, -0.15) is 0 Å². The summed E-state index contributed by atoms with van der Waals surface area (Å²) in [5.41, 5.74) is 5.66. The number of carboxylic acid groups (broad SMARTS) is 2. The molecule has 5 nitrogen and oxygen atoms in total. The van der Waals surface area contributed by atoms with Crippen molar-refractivity contribution in [3.8, 4) is 0 Å². The number of rotatable bonds is 4. The Hall–Kier alpha value is -1.59. The normalized spacial score (nSPS) is 37.0. The molecule has 1 aromatic carbocycles.